The summed E-state index contributed by atoms with van der Waals surface area (Å²) in [6, 6.07) is 6.06. The summed E-state index contributed by atoms with van der Waals surface area (Å²) >= 11 is 3.18. The van der Waals surface area contributed by atoms with Crippen LogP contribution in [0.5, 0.6) is 0 Å². The van der Waals surface area contributed by atoms with Crippen LogP contribution in [0.1, 0.15) is 13.8 Å². The lowest BCUT2D eigenvalue weighted by molar-refractivity contribution is -0.150. The normalized spacial score (nSPS) is 11.0. The van der Waals surface area contributed by atoms with Gasteiger partial charge in [-0.1, -0.05) is 34.1 Å². The minimum atomic E-state index is -3.84. The van der Waals surface area contributed by atoms with Gasteiger partial charge in [0.15, 0.2) is 6.61 Å². The minimum absolute atomic E-state index is 0.0179. The van der Waals surface area contributed by atoms with Crippen molar-refractivity contribution in [3.63, 3.8) is 0 Å². The summed E-state index contributed by atoms with van der Waals surface area (Å²) in [4.78, 5) is 25.1. The van der Waals surface area contributed by atoms with E-state index in [1.165, 1.54) is 17.0 Å². The van der Waals surface area contributed by atoms with Crippen LogP contribution in [0.3, 0.4) is 0 Å². The molecule has 0 aromatic heterocycles. The molecule has 1 amide bonds. The predicted molar refractivity (Wildman–Crippen MR) is 97.4 cm³/mol. The molecule has 1 rings (SSSR count). The number of hydrogen-bond donors (Lipinski definition) is 1. The molecule has 9 heteroatoms. The number of carbonyl (C=O) groups excluding carboxylic acids is 2. The van der Waals surface area contributed by atoms with Crippen LogP contribution in [0.2, 0.25) is 0 Å². The van der Waals surface area contributed by atoms with E-state index in [2.05, 4.69) is 27.2 Å². The number of likely N-dealkylation sites (N-methyl/N-ethyl adjacent to an activating group) is 1. The smallest absolute Gasteiger partial charge is 0.321 e. The van der Waals surface area contributed by atoms with Gasteiger partial charge in [0.1, 0.15) is 6.54 Å². The molecule has 0 atom stereocenters. The van der Waals surface area contributed by atoms with E-state index < -0.39 is 29.1 Å². The highest BCUT2D eigenvalue weighted by Gasteiger charge is 2.18. The SMILES string of the molecule is C=C(C)CN(CC)C(=O)COC(=O)CNS(=O)(=O)c1cccc(Br)c1. The molecule has 0 bridgehead atoms. The van der Waals surface area contributed by atoms with Gasteiger partial charge in [-0.05, 0) is 32.0 Å². The van der Waals surface area contributed by atoms with Crippen LogP contribution in [0.15, 0.2) is 45.8 Å². The lowest BCUT2D eigenvalue weighted by atomic mass is 10.3. The van der Waals surface area contributed by atoms with Gasteiger partial charge < -0.3 is 9.64 Å². The molecule has 0 aliphatic heterocycles. The lowest BCUT2D eigenvalue weighted by Gasteiger charge is -2.20. The van der Waals surface area contributed by atoms with Gasteiger partial charge in [-0.2, -0.15) is 4.72 Å². The van der Waals surface area contributed by atoms with Crippen LogP contribution in [0.25, 0.3) is 0 Å². The summed E-state index contributed by atoms with van der Waals surface area (Å²) in [6.07, 6.45) is 0. The van der Waals surface area contributed by atoms with Crippen LogP contribution in [0.4, 0.5) is 0 Å². The first-order valence-corrected chi connectivity index (χ1v) is 9.76. The molecule has 0 unspecified atom stereocenters. The molecule has 0 heterocycles. The van der Waals surface area contributed by atoms with Gasteiger partial charge in [0, 0.05) is 17.6 Å². The number of nitrogens with one attached hydrogen (secondary N) is 1. The average Bonchev–Trinajstić information content (AvgIpc) is 2.55. The van der Waals surface area contributed by atoms with E-state index in [4.69, 9.17) is 4.74 Å². The van der Waals surface area contributed by atoms with Gasteiger partial charge in [-0.3, -0.25) is 9.59 Å². The number of nitrogens with zero attached hydrogens (tertiary/aromatic N) is 1. The number of amides is 1. The third-order valence-electron chi connectivity index (χ3n) is 3.06. The number of halogens is 1. The summed E-state index contributed by atoms with van der Waals surface area (Å²) < 4.78 is 31.7. The Kier molecular flexibility index (Phi) is 8.27. The van der Waals surface area contributed by atoms with E-state index in [0.717, 1.165) is 5.57 Å². The molecule has 0 saturated carbocycles. The fraction of sp³-hybridized carbons (Fsp3) is 0.375. The summed E-state index contributed by atoms with van der Waals surface area (Å²) in [5.41, 5.74) is 0.809. The van der Waals surface area contributed by atoms with Crippen molar-refractivity contribution >= 4 is 37.8 Å². The maximum Gasteiger partial charge on any atom is 0.321 e. The molecule has 0 fully saturated rings. The Bertz CT molecular complexity index is 749. The molecule has 1 N–H and O–H groups in total. The van der Waals surface area contributed by atoms with E-state index in [0.29, 0.717) is 17.6 Å². The molecule has 0 aliphatic rings. The fourth-order valence-corrected chi connectivity index (χ4v) is 3.42. The van der Waals surface area contributed by atoms with Gasteiger partial charge in [0.05, 0.1) is 4.90 Å². The molecule has 1 aromatic rings. The van der Waals surface area contributed by atoms with Gasteiger partial charge in [0.25, 0.3) is 5.91 Å². The molecule has 7 nitrogen and oxygen atoms in total. The molecule has 25 heavy (non-hydrogen) atoms. The van der Waals surface area contributed by atoms with Crippen molar-refractivity contribution in [3.8, 4) is 0 Å². The molecule has 0 radical (unpaired) electrons. The molecular weight excluding hydrogens is 412 g/mol. The maximum absolute atomic E-state index is 12.1. The van der Waals surface area contributed by atoms with Gasteiger partial charge in [-0.25, -0.2) is 8.42 Å². The van der Waals surface area contributed by atoms with E-state index in [9.17, 15) is 18.0 Å². The minimum Gasteiger partial charge on any atom is -0.455 e. The number of sulfonamides is 1. The Morgan fingerprint density at radius 1 is 1.36 bits per heavy atom. The second-order valence-corrected chi connectivity index (χ2v) is 7.99. The quantitative estimate of drug-likeness (QED) is 0.473. The molecule has 0 aliphatic carbocycles. The summed E-state index contributed by atoms with van der Waals surface area (Å²) in [7, 11) is -3.84. The lowest BCUT2D eigenvalue weighted by Crippen LogP contribution is -2.37. The molecular formula is C16H21BrN2O5S. The Morgan fingerprint density at radius 2 is 2.04 bits per heavy atom. The number of carbonyl (C=O) groups is 2. The second kappa shape index (κ2) is 9.69. The van der Waals surface area contributed by atoms with Crippen molar-refractivity contribution in [2.45, 2.75) is 18.7 Å². The fourth-order valence-electron chi connectivity index (χ4n) is 1.86. The van der Waals surface area contributed by atoms with Crippen molar-refractivity contribution in [2.75, 3.05) is 26.2 Å². The summed E-state index contributed by atoms with van der Waals surface area (Å²) in [5, 5.41) is 0. The highest BCUT2D eigenvalue weighted by Crippen LogP contribution is 2.15. The highest BCUT2D eigenvalue weighted by atomic mass is 79.9. The van der Waals surface area contributed by atoms with Crippen LogP contribution >= 0.6 is 15.9 Å². The largest absolute Gasteiger partial charge is 0.455 e. The first-order chi connectivity index (χ1) is 11.7. The Hall–Kier alpha value is -1.71. The second-order valence-electron chi connectivity index (χ2n) is 5.31. The average molecular weight is 433 g/mol. The zero-order chi connectivity index (χ0) is 19.0. The third kappa shape index (κ3) is 7.37. The van der Waals surface area contributed by atoms with Crippen LogP contribution in [0, 0.1) is 0 Å². The van der Waals surface area contributed by atoms with Gasteiger partial charge in [-0.15, -0.1) is 0 Å². The number of hydrogen-bond acceptors (Lipinski definition) is 5. The van der Waals surface area contributed by atoms with E-state index >= 15 is 0 Å². The van der Waals surface area contributed by atoms with Gasteiger partial charge in [0.2, 0.25) is 10.0 Å². The van der Waals surface area contributed by atoms with Crippen LogP contribution in [-0.4, -0.2) is 51.4 Å². The third-order valence-corrected chi connectivity index (χ3v) is 4.96. The van der Waals surface area contributed by atoms with E-state index in [1.54, 1.807) is 26.0 Å². The predicted octanol–water partition coefficient (Wildman–Crippen LogP) is 1.70. The van der Waals surface area contributed by atoms with Gasteiger partial charge >= 0.3 is 5.97 Å². The zero-order valence-electron chi connectivity index (χ0n) is 14.1. The molecule has 1 aromatic carbocycles. The number of esters is 1. The number of rotatable bonds is 9. The van der Waals surface area contributed by atoms with Crippen LogP contribution in [-0.2, 0) is 24.3 Å². The zero-order valence-corrected chi connectivity index (χ0v) is 16.5. The van der Waals surface area contributed by atoms with Crippen molar-refractivity contribution in [2.24, 2.45) is 0 Å². The van der Waals surface area contributed by atoms with Crippen molar-refractivity contribution in [3.05, 3.63) is 40.9 Å². The first kappa shape index (κ1) is 21.3. The van der Waals surface area contributed by atoms with Crippen LogP contribution < -0.4 is 4.72 Å². The number of benzene rings is 1. The molecule has 0 saturated heterocycles. The van der Waals surface area contributed by atoms with Crippen molar-refractivity contribution in [1.82, 2.24) is 9.62 Å². The molecule has 138 valence electrons. The number of ether oxygens (including phenoxy) is 1. The van der Waals surface area contributed by atoms with Crippen molar-refractivity contribution in [1.29, 1.82) is 0 Å². The summed E-state index contributed by atoms with van der Waals surface area (Å²) in [6.45, 7) is 7.15. The maximum atomic E-state index is 12.1. The standard InChI is InChI=1S/C16H21BrN2O5S/c1-4-19(10-12(2)3)15(20)11-24-16(21)9-18-25(22,23)14-7-5-6-13(17)8-14/h5-8,18H,2,4,9-11H2,1,3H3. The highest BCUT2D eigenvalue weighted by molar-refractivity contribution is 9.10. The molecule has 0 spiro atoms. The van der Waals surface area contributed by atoms with E-state index in [-0.39, 0.29) is 10.8 Å². The monoisotopic (exact) mass is 432 g/mol. The summed E-state index contributed by atoms with van der Waals surface area (Å²) in [5.74, 6) is -1.20. The first-order valence-electron chi connectivity index (χ1n) is 7.48. The Labute approximate surface area is 156 Å². The van der Waals surface area contributed by atoms with E-state index in [1.807, 2.05) is 0 Å². The Morgan fingerprint density at radius 3 is 2.60 bits per heavy atom. The topological polar surface area (TPSA) is 92.8 Å². The Balaban J connectivity index is 2.52. The van der Waals surface area contributed by atoms with Crippen molar-refractivity contribution < 1.29 is 22.7 Å².